The van der Waals surface area contributed by atoms with Crippen molar-refractivity contribution in [2.45, 2.75) is 45.1 Å². The van der Waals surface area contributed by atoms with Gasteiger partial charge in [0.15, 0.2) is 0 Å². The third-order valence-electron chi connectivity index (χ3n) is 4.62. The maximum atomic E-state index is 11.5. The maximum absolute atomic E-state index is 11.5. The summed E-state index contributed by atoms with van der Waals surface area (Å²) in [5.41, 5.74) is 0. The van der Waals surface area contributed by atoms with Crippen LogP contribution in [0.2, 0.25) is 0 Å². The molecule has 122 valence electrons. The number of hydrogen-bond donors (Lipinski definition) is 2. The number of nitrogens with one attached hydrogen (secondary N) is 1. The lowest BCUT2D eigenvalue weighted by Gasteiger charge is -2.32. The van der Waals surface area contributed by atoms with Crippen LogP contribution < -0.4 is 5.32 Å². The summed E-state index contributed by atoms with van der Waals surface area (Å²) in [7, 11) is 0. The molecule has 2 rings (SSSR count). The third-order valence-corrected chi connectivity index (χ3v) is 4.62. The zero-order valence-corrected chi connectivity index (χ0v) is 13.4. The molecule has 0 aliphatic carbocycles. The first-order chi connectivity index (χ1) is 10.1. The zero-order chi connectivity index (χ0) is 15.1. The Labute approximate surface area is 128 Å². The lowest BCUT2D eigenvalue weighted by atomic mass is 9.96. The second-order valence-corrected chi connectivity index (χ2v) is 6.64. The van der Waals surface area contributed by atoms with Gasteiger partial charge in [0.05, 0.1) is 6.10 Å². The van der Waals surface area contributed by atoms with Crippen molar-refractivity contribution in [3.8, 4) is 0 Å². The molecule has 2 saturated heterocycles. The highest BCUT2D eigenvalue weighted by Crippen LogP contribution is 2.16. The van der Waals surface area contributed by atoms with Crippen molar-refractivity contribution in [3.63, 3.8) is 0 Å². The van der Waals surface area contributed by atoms with Gasteiger partial charge < -0.3 is 20.2 Å². The van der Waals surface area contributed by atoms with Gasteiger partial charge in [-0.2, -0.15) is 0 Å². The minimum Gasteiger partial charge on any atom is -0.392 e. The number of amides is 1. The number of carbonyl (C=O) groups excluding carboxylic acids is 1. The SMILES string of the molecule is CC(O)CN1CCC(CNCCCN2CCCC2=O)CC1. The molecule has 2 aliphatic rings. The summed E-state index contributed by atoms with van der Waals surface area (Å²) in [6.45, 7) is 8.87. The predicted octanol–water partition coefficient (Wildman–Crippen LogP) is 0.681. The number of nitrogens with zero attached hydrogens (tertiary/aromatic N) is 2. The highest BCUT2D eigenvalue weighted by atomic mass is 16.3. The minimum atomic E-state index is -0.215. The van der Waals surface area contributed by atoms with Gasteiger partial charge >= 0.3 is 0 Å². The second kappa shape index (κ2) is 8.71. The van der Waals surface area contributed by atoms with Crippen LogP contribution in [-0.2, 0) is 4.79 Å². The molecule has 0 bridgehead atoms. The van der Waals surface area contributed by atoms with Gasteiger partial charge in [0.1, 0.15) is 0 Å². The summed E-state index contributed by atoms with van der Waals surface area (Å²) in [5, 5.41) is 12.9. The van der Waals surface area contributed by atoms with Gasteiger partial charge in [-0.05, 0) is 64.7 Å². The number of carbonyl (C=O) groups is 1. The van der Waals surface area contributed by atoms with Crippen molar-refractivity contribution in [1.82, 2.24) is 15.1 Å². The number of likely N-dealkylation sites (tertiary alicyclic amines) is 2. The Morgan fingerprint density at radius 3 is 2.71 bits per heavy atom. The first kappa shape index (κ1) is 16.7. The summed E-state index contributed by atoms with van der Waals surface area (Å²) in [5.74, 6) is 1.10. The molecule has 1 amide bonds. The summed E-state index contributed by atoms with van der Waals surface area (Å²) >= 11 is 0. The van der Waals surface area contributed by atoms with E-state index in [1.165, 1.54) is 12.8 Å². The molecule has 1 atom stereocenters. The Bertz CT molecular complexity index is 315. The Morgan fingerprint density at radius 1 is 1.33 bits per heavy atom. The van der Waals surface area contributed by atoms with Crippen LogP contribution in [0.15, 0.2) is 0 Å². The molecule has 2 aliphatic heterocycles. The first-order valence-electron chi connectivity index (χ1n) is 8.54. The van der Waals surface area contributed by atoms with E-state index in [9.17, 15) is 9.90 Å². The van der Waals surface area contributed by atoms with Gasteiger partial charge in [0.2, 0.25) is 5.91 Å². The number of aliphatic hydroxyl groups excluding tert-OH is 1. The topological polar surface area (TPSA) is 55.8 Å². The van der Waals surface area contributed by atoms with Crippen LogP contribution in [0, 0.1) is 5.92 Å². The molecule has 2 heterocycles. The lowest BCUT2D eigenvalue weighted by molar-refractivity contribution is -0.127. The van der Waals surface area contributed by atoms with E-state index in [0.29, 0.717) is 5.91 Å². The van der Waals surface area contributed by atoms with Crippen molar-refractivity contribution in [2.24, 2.45) is 5.92 Å². The van der Waals surface area contributed by atoms with Crippen molar-refractivity contribution in [3.05, 3.63) is 0 Å². The molecule has 0 spiro atoms. The van der Waals surface area contributed by atoms with Crippen LogP contribution in [0.5, 0.6) is 0 Å². The highest BCUT2D eigenvalue weighted by molar-refractivity contribution is 5.77. The Morgan fingerprint density at radius 2 is 2.10 bits per heavy atom. The Kier molecular flexibility index (Phi) is 6.93. The lowest BCUT2D eigenvalue weighted by Crippen LogP contribution is -2.40. The fourth-order valence-electron chi connectivity index (χ4n) is 3.39. The van der Waals surface area contributed by atoms with Crippen molar-refractivity contribution >= 4 is 5.91 Å². The van der Waals surface area contributed by atoms with Crippen molar-refractivity contribution < 1.29 is 9.90 Å². The fraction of sp³-hybridized carbons (Fsp3) is 0.938. The van der Waals surface area contributed by atoms with E-state index in [1.807, 2.05) is 11.8 Å². The molecule has 5 nitrogen and oxygen atoms in total. The molecular formula is C16H31N3O2. The van der Waals surface area contributed by atoms with Gasteiger partial charge in [-0.1, -0.05) is 0 Å². The molecule has 2 fully saturated rings. The first-order valence-corrected chi connectivity index (χ1v) is 8.54. The van der Waals surface area contributed by atoms with E-state index in [-0.39, 0.29) is 6.10 Å². The van der Waals surface area contributed by atoms with E-state index in [0.717, 1.165) is 71.0 Å². The monoisotopic (exact) mass is 297 g/mol. The smallest absolute Gasteiger partial charge is 0.222 e. The summed E-state index contributed by atoms with van der Waals surface area (Å²) < 4.78 is 0. The molecule has 0 saturated carbocycles. The van der Waals surface area contributed by atoms with E-state index >= 15 is 0 Å². The Hall–Kier alpha value is -0.650. The fourth-order valence-corrected chi connectivity index (χ4v) is 3.39. The van der Waals surface area contributed by atoms with Gasteiger partial charge in [-0.25, -0.2) is 0 Å². The summed E-state index contributed by atoms with van der Waals surface area (Å²) in [6.07, 6.45) is 5.09. The van der Waals surface area contributed by atoms with Gasteiger partial charge in [0.25, 0.3) is 0 Å². The largest absolute Gasteiger partial charge is 0.392 e. The number of piperidine rings is 1. The molecular weight excluding hydrogens is 266 g/mol. The average Bonchev–Trinajstić information content (AvgIpc) is 2.85. The molecule has 0 aromatic rings. The molecule has 0 radical (unpaired) electrons. The molecule has 0 aromatic heterocycles. The molecule has 0 aromatic carbocycles. The van der Waals surface area contributed by atoms with Crippen LogP contribution in [0.4, 0.5) is 0 Å². The van der Waals surface area contributed by atoms with Gasteiger partial charge in [-0.3, -0.25) is 4.79 Å². The van der Waals surface area contributed by atoms with Gasteiger partial charge in [0, 0.05) is 26.1 Å². The van der Waals surface area contributed by atoms with Crippen LogP contribution in [-0.4, -0.2) is 72.7 Å². The molecule has 1 unspecified atom stereocenters. The highest BCUT2D eigenvalue weighted by Gasteiger charge is 2.20. The van der Waals surface area contributed by atoms with E-state index in [1.54, 1.807) is 0 Å². The summed E-state index contributed by atoms with van der Waals surface area (Å²) in [6, 6.07) is 0. The number of aliphatic hydroxyl groups is 1. The summed E-state index contributed by atoms with van der Waals surface area (Å²) in [4.78, 5) is 15.8. The van der Waals surface area contributed by atoms with Crippen LogP contribution in [0.1, 0.15) is 39.0 Å². The molecule has 5 heteroatoms. The van der Waals surface area contributed by atoms with Crippen LogP contribution in [0.3, 0.4) is 0 Å². The normalized spacial score (nSPS) is 23.0. The number of β-amino-alcohol motifs (C(OH)–C–C–N with tert-alkyl or cyclic N) is 1. The van der Waals surface area contributed by atoms with Crippen LogP contribution in [0.25, 0.3) is 0 Å². The standard InChI is InChI=1S/C16H31N3O2/c1-14(20)13-18-10-5-15(6-11-18)12-17-7-3-9-19-8-2-4-16(19)21/h14-15,17,20H,2-13H2,1H3. The van der Waals surface area contributed by atoms with E-state index < -0.39 is 0 Å². The minimum absolute atomic E-state index is 0.215. The maximum Gasteiger partial charge on any atom is 0.222 e. The predicted molar refractivity (Wildman–Crippen MR) is 84.1 cm³/mol. The second-order valence-electron chi connectivity index (χ2n) is 6.64. The Balaban J connectivity index is 1.47. The molecule has 2 N–H and O–H groups in total. The number of hydrogen-bond acceptors (Lipinski definition) is 4. The molecule has 21 heavy (non-hydrogen) atoms. The van der Waals surface area contributed by atoms with Crippen molar-refractivity contribution in [1.29, 1.82) is 0 Å². The van der Waals surface area contributed by atoms with E-state index in [2.05, 4.69) is 10.2 Å². The van der Waals surface area contributed by atoms with Gasteiger partial charge in [-0.15, -0.1) is 0 Å². The average molecular weight is 297 g/mol. The van der Waals surface area contributed by atoms with Crippen LogP contribution >= 0.6 is 0 Å². The third kappa shape index (κ3) is 5.93. The zero-order valence-electron chi connectivity index (χ0n) is 13.4. The van der Waals surface area contributed by atoms with Crippen molar-refractivity contribution in [2.75, 3.05) is 45.8 Å². The number of rotatable bonds is 8. The quantitative estimate of drug-likeness (QED) is 0.647. The van der Waals surface area contributed by atoms with E-state index in [4.69, 9.17) is 0 Å².